The lowest BCUT2D eigenvalue weighted by molar-refractivity contribution is 0.0660. The number of hydrogen-bond donors (Lipinski definition) is 3. The van der Waals surface area contributed by atoms with Gasteiger partial charge in [-0.15, -0.1) is 0 Å². The van der Waals surface area contributed by atoms with Crippen LogP contribution in [0.15, 0.2) is 18.2 Å². The number of carbonyl (C=O) groups excluding carboxylic acids is 1. The molecule has 0 aliphatic carbocycles. The number of nitrogens with one attached hydrogen (secondary N) is 2. The highest BCUT2D eigenvalue weighted by atomic mass is 16.5. The van der Waals surface area contributed by atoms with Crippen LogP contribution in [-0.2, 0) is 11.3 Å². The number of carbonyl (C=O) groups is 1. The number of aliphatic hydroxyl groups excluding tert-OH is 1. The third-order valence-electron chi connectivity index (χ3n) is 2.79. The van der Waals surface area contributed by atoms with E-state index < -0.39 is 6.10 Å². The molecule has 0 fully saturated rings. The van der Waals surface area contributed by atoms with Gasteiger partial charge in [-0.05, 0) is 25.0 Å². The summed E-state index contributed by atoms with van der Waals surface area (Å²) in [5.74, 6) is 0. The molecule has 5 nitrogen and oxygen atoms in total. The molecular weight excluding hydrogens is 244 g/mol. The maximum atomic E-state index is 11.5. The molecule has 0 aromatic heterocycles. The van der Waals surface area contributed by atoms with Crippen LogP contribution < -0.4 is 10.6 Å². The molecule has 0 spiro atoms. The summed E-state index contributed by atoms with van der Waals surface area (Å²) >= 11 is 0. The summed E-state index contributed by atoms with van der Waals surface area (Å²) in [5, 5.41) is 14.7. The van der Waals surface area contributed by atoms with Gasteiger partial charge in [-0.25, -0.2) is 4.79 Å². The topological polar surface area (TPSA) is 70.6 Å². The number of aryl methyl sites for hydroxylation is 2. The molecule has 0 aliphatic heterocycles. The van der Waals surface area contributed by atoms with E-state index in [0.717, 1.165) is 11.1 Å². The van der Waals surface area contributed by atoms with Crippen LogP contribution in [-0.4, -0.2) is 37.5 Å². The van der Waals surface area contributed by atoms with Gasteiger partial charge in [0, 0.05) is 20.2 Å². The van der Waals surface area contributed by atoms with E-state index in [1.807, 2.05) is 26.0 Å². The number of ether oxygens (including phenoxy) is 1. The zero-order valence-corrected chi connectivity index (χ0v) is 11.7. The Morgan fingerprint density at radius 2 is 2.11 bits per heavy atom. The first-order valence-electron chi connectivity index (χ1n) is 6.27. The predicted octanol–water partition coefficient (Wildman–Crippen LogP) is 1.11. The molecule has 0 saturated carbocycles. The van der Waals surface area contributed by atoms with E-state index in [9.17, 15) is 9.90 Å². The molecule has 1 rings (SSSR count). The zero-order chi connectivity index (χ0) is 14.3. The second kappa shape index (κ2) is 7.76. The molecule has 0 bridgehead atoms. The van der Waals surface area contributed by atoms with Crippen LogP contribution >= 0.6 is 0 Å². The van der Waals surface area contributed by atoms with Crippen molar-refractivity contribution in [2.75, 3.05) is 20.3 Å². The van der Waals surface area contributed by atoms with E-state index in [1.54, 1.807) is 0 Å². The SMILES string of the molecule is COCC(O)CNC(=O)NCc1ccc(C)cc1C. The highest BCUT2D eigenvalue weighted by Gasteiger charge is 2.06. The summed E-state index contributed by atoms with van der Waals surface area (Å²) in [6.45, 7) is 4.90. The minimum absolute atomic E-state index is 0.173. The smallest absolute Gasteiger partial charge is 0.315 e. The minimum Gasteiger partial charge on any atom is -0.389 e. The summed E-state index contributed by atoms with van der Waals surface area (Å²) in [4.78, 5) is 11.5. The Morgan fingerprint density at radius 1 is 1.37 bits per heavy atom. The quantitative estimate of drug-likeness (QED) is 0.722. The van der Waals surface area contributed by atoms with Crippen molar-refractivity contribution in [3.05, 3.63) is 34.9 Å². The first kappa shape index (κ1) is 15.5. The highest BCUT2D eigenvalue weighted by Crippen LogP contribution is 2.09. The van der Waals surface area contributed by atoms with Gasteiger partial charge in [-0.3, -0.25) is 0 Å². The fourth-order valence-electron chi connectivity index (χ4n) is 1.74. The standard InChI is InChI=1S/C14H22N2O3/c1-10-4-5-12(11(2)6-10)7-15-14(18)16-8-13(17)9-19-3/h4-6,13,17H,7-9H2,1-3H3,(H2,15,16,18). The lowest BCUT2D eigenvalue weighted by atomic mass is 10.1. The number of hydrogen-bond acceptors (Lipinski definition) is 3. The fraction of sp³-hybridized carbons (Fsp3) is 0.500. The summed E-state index contributed by atoms with van der Waals surface area (Å²) in [5.41, 5.74) is 3.44. The van der Waals surface area contributed by atoms with Crippen LogP contribution in [0.3, 0.4) is 0 Å². The Bertz CT molecular complexity index is 421. The molecule has 0 heterocycles. The van der Waals surface area contributed by atoms with Crippen molar-refractivity contribution in [2.45, 2.75) is 26.5 Å². The van der Waals surface area contributed by atoms with Crippen molar-refractivity contribution in [1.29, 1.82) is 0 Å². The number of aliphatic hydroxyl groups is 1. The molecule has 3 N–H and O–H groups in total. The van der Waals surface area contributed by atoms with Gasteiger partial charge >= 0.3 is 6.03 Å². The minimum atomic E-state index is -0.683. The van der Waals surface area contributed by atoms with Gasteiger partial charge < -0.3 is 20.5 Å². The molecule has 1 unspecified atom stereocenters. The average molecular weight is 266 g/mol. The van der Waals surface area contributed by atoms with Crippen LogP contribution in [0.5, 0.6) is 0 Å². The van der Waals surface area contributed by atoms with E-state index >= 15 is 0 Å². The monoisotopic (exact) mass is 266 g/mol. The Kier molecular flexibility index (Phi) is 6.32. The van der Waals surface area contributed by atoms with Crippen molar-refractivity contribution < 1.29 is 14.6 Å². The van der Waals surface area contributed by atoms with Crippen LogP contribution in [0.4, 0.5) is 4.79 Å². The average Bonchev–Trinajstić information content (AvgIpc) is 2.35. The Balaban J connectivity index is 2.33. The molecule has 2 amide bonds. The molecule has 0 aliphatic rings. The van der Waals surface area contributed by atoms with Gasteiger partial charge in [0.15, 0.2) is 0 Å². The summed E-state index contributed by atoms with van der Waals surface area (Å²) in [6, 6.07) is 5.81. The van der Waals surface area contributed by atoms with Gasteiger partial charge in [0.2, 0.25) is 0 Å². The molecule has 106 valence electrons. The molecule has 1 atom stereocenters. The third-order valence-corrected chi connectivity index (χ3v) is 2.79. The van der Waals surface area contributed by atoms with Gasteiger partial charge in [-0.2, -0.15) is 0 Å². The molecule has 0 radical (unpaired) electrons. The van der Waals surface area contributed by atoms with Crippen molar-refractivity contribution >= 4 is 6.03 Å². The summed E-state index contributed by atoms with van der Waals surface area (Å²) < 4.78 is 4.77. The second-order valence-corrected chi connectivity index (χ2v) is 4.60. The van der Waals surface area contributed by atoms with Gasteiger partial charge in [0.05, 0.1) is 12.7 Å². The highest BCUT2D eigenvalue weighted by molar-refractivity contribution is 5.73. The predicted molar refractivity (Wildman–Crippen MR) is 74.0 cm³/mol. The van der Waals surface area contributed by atoms with E-state index in [4.69, 9.17) is 4.74 Å². The van der Waals surface area contributed by atoms with E-state index in [1.165, 1.54) is 12.7 Å². The molecule has 1 aromatic carbocycles. The van der Waals surface area contributed by atoms with Crippen LogP contribution in [0.1, 0.15) is 16.7 Å². The first-order chi connectivity index (χ1) is 9.02. The maximum absolute atomic E-state index is 11.5. The molecule has 0 saturated heterocycles. The second-order valence-electron chi connectivity index (χ2n) is 4.60. The maximum Gasteiger partial charge on any atom is 0.315 e. The number of amides is 2. The molecular formula is C14H22N2O3. The van der Waals surface area contributed by atoms with E-state index in [-0.39, 0.29) is 19.2 Å². The largest absolute Gasteiger partial charge is 0.389 e. The molecule has 5 heteroatoms. The fourth-order valence-corrected chi connectivity index (χ4v) is 1.74. The van der Waals surface area contributed by atoms with Gasteiger partial charge in [0.25, 0.3) is 0 Å². The molecule has 1 aromatic rings. The third kappa shape index (κ3) is 5.72. The van der Waals surface area contributed by atoms with Crippen molar-refractivity contribution in [2.24, 2.45) is 0 Å². The van der Waals surface area contributed by atoms with E-state index in [0.29, 0.717) is 6.54 Å². The van der Waals surface area contributed by atoms with Crippen LogP contribution in [0.2, 0.25) is 0 Å². The van der Waals surface area contributed by atoms with Gasteiger partial charge in [0.1, 0.15) is 0 Å². The van der Waals surface area contributed by atoms with Crippen molar-refractivity contribution in [1.82, 2.24) is 10.6 Å². The summed E-state index contributed by atoms with van der Waals surface area (Å²) in [6.07, 6.45) is -0.683. The van der Waals surface area contributed by atoms with Crippen LogP contribution in [0.25, 0.3) is 0 Å². The number of methoxy groups -OCH3 is 1. The number of rotatable bonds is 6. The number of urea groups is 1. The van der Waals surface area contributed by atoms with E-state index in [2.05, 4.69) is 16.7 Å². The lowest BCUT2D eigenvalue weighted by Gasteiger charge is -2.12. The Morgan fingerprint density at radius 3 is 2.74 bits per heavy atom. The first-order valence-corrected chi connectivity index (χ1v) is 6.27. The normalized spacial score (nSPS) is 12.0. The zero-order valence-electron chi connectivity index (χ0n) is 11.7. The Hall–Kier alpha value is -1.59. The summed E-state index contributed by atoms with van der Waals surface area (Å²) in [7, 11) is 1.50. The molecule has 19 heavy (non-hydrogen) atoms. The lowest BCUT2D eigenvalue weighted by Crippen LogP contribution is -2.40. The van der Waals surface area contributed by atoms with Gasteiger partial charge in [-0.1, -0.05) is 23.8 Å². The van der Waals surface area contributed by atoms with Crippen molar-refractivity contribution in [3.8, 4) is 0 Å². The number of benzene rings is 1. The van der Waals surface area contributed by atoms with Crippen LogP contribution in [0, 0.1) is 13.8 Å². The van der Waals surface area contributed by atoms with Crippen molar-refractivity contribution in [3.63, 3.8) is 0 Å². The Labute approximate surface area is 114 Å².